The molecule has 0 aromatic heterocycles. The van der Waals surface area contributed by atoms with E-state index in [1.165, 1.54) is 7.11 Å². The number of hydrogen-bond acceptors (Lipinski definition) is 7. The van der Waals surface area contributed by atoms with Gasteiger partial charge in [0.15, 0.2) is 5.41 Å². The van der Waals surface area contributed by atoms with Crippen LogP contribution in [0.25, 0.3) is 0 Å². The van der Waals surface area contributed by atoms with Crippen molar-refractivity contribution in [3.8, 4) is 6.07 Å². The molecule has 0 N–H and O–H groups in total. The molecule has 0 aromatic rings. The van der Waals surface area contributed by atoms with Crippen molar-refractivity contribution in [2.75, 3.05) is 13.7 Å². The van der Waals surface area contributed by atoms with E-state index in [-0.39, 0.29) is 19.4 Å². The van der Waals surface area contributed by atoms with E-state index < -0.39 is 35.3 Å². The van der Waals surface area contributed by atoms with Crippen molar-refractivity contribution < 1.29 is 28.6 Å². The van der Waals surface area contributed by atoms with Crippen LogP contribution >= 0.6 is 0 Å². The summed E-state index contributed by atoms with van der Waals surface area (Å²) in [4.78, 5) is 35.3. The molecule has 0 saturated carbocycles. The molecule has 7 heteroatoms. The van der Waals surface area contributed by atoms with Crippen LogP contribution in [-0.4, -0.2) is 37.2 Å². The lowest BCUT2D eigenvalue weighted by molar-refractivity contribution is -0.165. The minimum atomic E-state index is -1.76. The smallest absolute Gasteiger partial charge is 0.327 e. The maximum absolute atomic E-state index is 12.1. The number of carbonyl (C=O) groups excluding carboxylic acids is 3. The van der Waals surface area contributed by atoms with Crippen molar-refractivity contribution >= 4 is 17.9 Å². The van der Waals surface area contributed by atoms with Gasteiger partial charge in [0, 0.05) is 6.42 Å². The molecule has 0 heterocycles. The van der Waals surface area contributed by atoms with Crippen LogP contribution in [0.4, 0.5) is 0 Å². The molecular formula is C15H23NO6. The average molecular weight is 313 g/mol. The molecule has 7 nitrogen and oxygen atoms in total. The van der Waals surface area contributed by atoms with Crippen molar-refractivity contribution in [2.45, 2.75) is 52.6 Å². The van der Waals surface area contributed by atoms with Gasteiger partial charge in [-0.25, -0.2) is 0 Å². The van der Waals surface area contributed by atoms with Crippen LogP contribution < -0.4 is 0 Å². The SMILES string of the molecule is CCOC(=O)C(C#N)(CCC(=O)OC)CC(=O)OC(C)(C)C. The Morgan fingerprint density at radius 3 is 2.14 bits per heavy atom. The molecule has 0 bridgehead atoms. The Hall–Kier alpha value is -2.10. The third-order valence-electron chi connectivity index (χ3n) is 2.73. The van der Waals surface area contributed by atoms with Crippen molar-refractivity contribution in [3.63, 3.8) is 0 Å². The van der Waals surface area contributed by atoms with Gasteiger partial charge >= 0.3 is 17.9 Å². The highest BCUT2D eigenvalue weighted by atomic mass is 16.6. The first-order valence-corrected chi connectivity index (χ1v) is 6.97. The Balaban J connectivity index is 5.21. The van der Waals surface area contributed by atoms with Gasteiger partial charge in [0.05, 0.1) is 26.2 Å². The number of hydrogen-bond donors (Lipinski definition) is 0. The summed E-state index contributed by atoms with van der Waals surface area (Å²) < 4.78 is 14.5. The summed E-state index contributed by atoms with van der Waals surface area (Å²) in [5.41, 5.74) is -2.50. The summed E-state index contributed by atoms with van der Waals surface area (Å²) in [6.45, 7) is 6.69. The Morgan fingerprint density at radius 2 is 1.73 bits per heavy atom. The average Bonchev–Trinajstić information content (AvgIpc) is 2.41. The van der Waals surface area contributed by atoms with E-state index in [9.17, 15) is 19.6 Å². The van der Waals surface area contributed by atoms with E-state index in [0.29, 0.717) is 0 Å². The van der Waals surface area contributed by atoms with Crippen LogP contribution in [0.3, 0.4) is 0 Å². The highest BCUT2D eigenvalue weighted by Crippen LogP contribution is 2.31. The first-order valence-electron chi connectivity index (χ1n) is 6.97. The number of nitriles is 1. The number of rotatable bonds is 7. The normalized spacial score (nSPS) is 13.5. The summed E-state index contributed by atoms with van der Waals surface area (Å²) in [7, 11) is 1.20. The molecule has 0 aliphatic heterocycles. The lowest BCUT2D eigenvalue weighted by Crippen LogP contribution is -2.37. The lowest BCUT2D eigenvalue weighted by atomic mass is 9.81. The van der Waals surface area contributed by atoms with E-state index in [1.54, 1.807) is 27.7 Å². The molecule has 1 unspecified atom stereocenters. The first kappa shape index (κ1) is 19.9. The Kier molecular flexibility index (Phi) is 7.57. The van der Waals surface area contributed by atoms with E-state index in [1.807, 2.05) is 6.07 Å². The van der Waals surface area contributed by atoms with Gasteiger partial charge in [0.1, 0.15) is 5.60 Å². The Labute approximate surface area is 130 Å². The minimum absolute atomic E-state index is 0.0643. The summed E-state index contributed by atoms with van der Waals surface area (Å²) >= 11 is 0. The van der Waals surface area contributed by atoms with Crippen molar-refractivity contribution in [3.05, 3.63) is 0 Å². The number of ether oxygens (including phenoxy) is 3. The predicted molar refractivity (Wildman–Crippen MR) is 76.4 cm³/mol. The third-order valence-corrected chi connectivity index (χ3v) is 2.73. The third kappa shape index (κ3) is 6.57. The molecule has 0 fully saturated rings. The van der Waals surface area contributed by atoms with Crippen molar-refractivity contribution in [2.24, 2.45) is 5.41 Å². The monoisotopic (exact) mass is 313 g/mol. The molecule has 0 saturated heterocycles. The standard InChI is InChI=1S/C15H23NO6/c1-6-21-13(19)15(10-16,8-7-11(17)20-5)9-12(18)22-14(2,3)4/h6-9H2,1-5H3. The van der Waals surface area contributed by atoms with Crippen LogP contribution in [0.2, 0.25) is 0 Å². The van der Waals surface area contributed by atoms with Gasteiger partial charge in [-0.05, 0) is 34.1 Å². The molecule has 0 radical (unpaired) electrons. The topological polar surface area (TPSA) is 103 Å². The summed E-state index contributed by atoms with van der Waals surface area (Å²) in [5.74, 6) is -2.12. The van der Waals surface area contributed by atoms with Crippen LogP contribution in [0.1, 0.15) is 47.0 Å². The molecule has 0 aliphatic carbocycles. The zero-order valence-electron chi connectivity index (χ0n) is 13.7. The van der Waals surface area contributed by atoms with Gasteiger partial charge in [0.2, 0.25) is 0 Å². The zero-order valence-corrected chi connectivity index (χ0v) is 13.7. The minimum Gasteiger partial charge on any atom is -0.469 e. The zero-order chi connectivity index (χ0) is 17.4. The fraction of sp³-hybridized carbons (Fsp3) is 0.733. The van der Waals surface area contributed by atoms with Crippen LogP contribution in [0.15, 0.2) is 0 Å². The molecule has 0 aromatic carbocycles. The van der Waals surface area contributed by atoms with Gasteiger partial charge in [0.25, 0.3) is 0 Å². The molecule has 1 atom stereocenters. The summed E-state index contributed by atoms with van der Waals surface area (Å²) in [6, 6.07) is 1.81. The van der Waals surface area contributed by atoms with Crippen LogP contribution in [-0.2, 0) is 28.6 Å². The van der Waals surface area contributed by atoms with Crippen LogP contribution in [0.5, 0.6) is 0 Å². The molecule has 0 spiro atoms. The summed E-state index contributed by atoms with van der Waals surface area (Å²) in [6.07, 6.45) is -0.823. The largest absolute Gasteiger partial charge is 0.469 e. The highest BCUT2D eigenvalue weighted by molar-refractivity contribution is 5.86. The maximum atomic E-state index is 12.1. The van der Waals surface area contributed by atoms with E-state index in [4.69, 9.17) is 9.47 Å². The maximum Gasteiger partial charge on any atom is 0.327 e. The number of methoxy groups -OCH3 is 1. The fourth-order valence-electron chi connectivity index (χ4n) is 1.71. The van der Waals surface area contributed by atoms with Gasteiger partial charge < -0.3 is 14.2 Å². The summed E-state index contributed by atoms with van der Waals surface area (Å²) in [5, 5.41) is 9.40. The highest BCUT2D eigenvalue weighted by Gasteiger charge is 2.44. The quantitative estimate of drug-likeness (QED) is 0.521. The fourth-order valence-corrected chi connectivity index (χ4v) is 1.71. The Bertz CT molecular complexity index is 460. The molecule has 22 heavy (non-hydrogen) atoms. The van der Waals surface area contributed by atoms with Gasteiger partial charge in [-0.2, -0.15) is 5.26 Å². The second-order valence-corrected chi connectivity index (χ2v) is 5.75. The first-order chi connectivity index (χ1) is 10.1. The molecule has 0 amide bonds. The molecule has 0 aliphatic rings. The number of esters is 3. The molecule has 124 valence electrons. The van der Waals surface area contributed by atoms with E-state index in [2.05, 4.69) is 4.74 Å². The van der Waals surface area contributed by atoms with Crippen molar-refractivity contribution in [1.29, 1.82) is 5.26 Å². The van der Waals surface area contributed by atoms with Gasteiger partial charge in [-0.1, -0.05) is 0 Å². The van der Waals surface area contributed by atoms with Gasteiger partial charge in [-0.15, -0.1) is 0 Å². The van der Waals surface area contributed by atoms with E-state index >= 15 is 0 Å². The second kappa shape index (κ2) is 8.37. The lowest BCUT2D eigenvalue weighted by Gasteiger charge is -2.26. The second-order valence-electron chi connectivity index (χ2n) is 5.75. The van der Waals surface area contributed by atoms with E-state index in [0.717, 1.165) is 0 Å². The Morgan fingerprint density at radius 1 is 1.14 bits per heavy atom. The van der Waals surface area contributed by atoms with Crippen molar-refractivity contribution in [1.82, 2.24) is 0 Å². The number of nitrogens with zero attached hydrogens (tertiary/aromatic N) is 1. The number of carbonyl (C=O) groups is 3. The molecule has 0 rings (SSSR count). The van der Waals surface area contributed by atoms with Gasteiger partial charge in [-0.3, -0.25) is 14.4 Å². The van der Waals surface area contributed by atoms with Crippen LogP contribution in [0, 0.1) is 16.7 Å². The molecular weight excluding hydrogens is 290 g/mol. The predicted octanol–water partition coefficient (Wildman–Crippen LogP) is 1.74.